The molecule has 0 spiro atoms. The molecule has 1 saturated heterocycles. The molecule has 5 rings (SSSR count). The zero-order valence-corrected chi connectivity index (χ0v) is 16.0. The Balaban J connectivity index is 1.73. The van der Waals surface area contributed by atoms with Gasteiger partial charge in [0, 0.05) is 29.6 Å². The molecule has 0 radical (unpaired) electrons. The SMILES string of the molecule is CCCN1C(=O)[C@H]2Cc3c([nH]c4ccccc34)[C@H](c3ccccc3)N2C1=S. The summed E-state index contributed by atoms with van der Waals surface area (Å²) >= 11 is 5.78. The molecular formula is C22H21N3OS. The molecule has 5 heteroatoms. The number of carbonyl (C=O) groups is 1. The van der Waals surface area contributed by atoms with Crippen LogP contribution in [0.1, 0.15) is 36.2 Å². The molecule has 27 heavy (non-hydrogen) atoms. The number of thiocarbonyl (C=S) groups is 1. The van der Waals surface area contributed by atoms with E-state index in [0.717, 1.165) is 23.2 Å². The number of rotatable bonds is 3. The molecule has 0 saturated carbocycles. The van der Waals surface area contributed by atoms with Crippen LogP contribution in [-0.2, 0) is 11.2 Å². The van der Waals surface area contributed by atoms with Crippen LogP contribution in [0.25, 0.3) is 10.9 Å². The third-order valence-electron chi connectivity index (χ3n) is 5.70. The molecular weight excluding hydrogens is 354 g/mol. The van der Waals surface area contributed by atoms with Gasteiger partial charge in [0.2, 0.25) is 0 Å². The molecule has 2 aliphatic heterocycles. The number of aromatic amines is 1. The average molecular weight is 375 g/mol. The Hall–Kier alpha value is -2.66. The van der Waals surface area contributed by atoms with E-state index in [1.165, 1.54) is 10.9 Å². The maximum atomic E-state index is 13.2. The molecule has 3 heterocycles. The van der Waals surface area contributed by atoms with Gasteiger partial charge in [-0.15, -0.1) is 0 Å². The lowest BCUT2D eigenvalue weighted by Gasteiger charge is -2.37. The van der Waals surface area contributed by atoms with Crippen LogP contribution in [0.15, 0.2) is 54.6 Å². The second kappa shape index (κ2) is 6.20. The van der Waals surface area contributed by atoms with E-state index in [9.17, 15) is 4.79 Å². The van der Waals surface area contributed by atoms with Gasteiger partial charge in [-0.05, 0) is 35.8 Å². The summed E-state index contributed by atoms with van der Waals surface area (Å²) in [5, 5.41) is 1.87. The highest BCUT2D eigenvalue weighted by atomic mass is 32.1. The largest absolute Gasteiger partial charge is 0.356 e. The number of hydrogen-bond acceptors (Lipinski definition) is 2. The van der Waals surface area contributed by atoms with Crippen LogP contribution in [-0.4, -0.2) is 38.4 Å². The Morgan fingerprint density at radius 2 is 1.85 bits per heavy atom. The van der Waals surface area contributed by atoms with Crippen molar-refractivity contribution in [3.05, 3.63) is 71.4 Å². The van der Waals surface area contributed by atoms with Gasteiger partial charge in [0.25, 0.3) is 5.91 Å². The summed E-state index contributed by atoms with van der Waals surface area (Å²) in [5.74, 6) is 0.138. The molecule has 136 valence electrons. The Kier molecular flexibility index (Phi) is 3.79. The first kappa shape index (κ1) is 16.5. The quantitative estimate of drug-likeness (QED) is 0.703. The van der Waals surface area contributed by atoms with E-state index in [0.29, 0.717) is 18.1 Å². The molecule has 4 nitrogen and oxygen atoms in total. The predicted molar refractivity (Wildman–Crippen MR) is 111 cm³/mol. The van der Waals surface area contributed by atoms with Crippen LogP contribution in [0.4, 0.5) is 0 Å². The van der Waals surface area contributed by atoms with Crippen molar-refractivity contribution < 1.29 is 4.79 Å². The fraction of sp³-hybridized carbons (Fsp3) is 0.273. The molecule has 2 atom stereocenters. The second-order valence-corrected chi connectivity index (χ2v) is 7.64. The number of para-hydroxylation sites is 1. The molecule has 0 unspecified atom stereocenters. The number of nitrogens with one attached hydrogen (secondary N) is 1. The highest BCUT2D eigenvalue weighted by Gasteiger charge is 2.50. The molecule has 2 aliphatic rings. The van der Waals surface area contributed by atoms with Crippen LogP contribution >= 0.6 is 12.2 Å². The maximum Gasteiger partial charge on any atom is 0.251 e. The van der Waals surface area contributed by atoms with Gasteiger partial charge in [-0.25, -0.2) is 0 Å². The van der Waals surface area contributed by atoms with Gasteiger partial charge in [-0.1, -0.05) is 55.5 Å². The van der Waals surface area contributed by atoms with E-state index < -0.39 is 0 Å². The molecule has 1 N–H and O–H groups in total. The second-order valence-electron chi connectivity index (χ2n) is 7.28. The first-order chi connectivity index (χ1) is 13.2. The van der Waals surface area contributed by atoms with Gasteiger partial charge < -0.3 is 9.88 Å². The number of amides is 1. The Morgan fingerprint density at radius 3 is 2.63 bits per heavy atom. The van der Waals surface area contributed by atoms with Crippen molar-refractivity contribution in [1.82, 2.24) is 14.8 Å². The van der Waals surface area contributed by atoms with E-state index in [-0.39, 0.29) is 18.0 Å². The summed E-state index contributed by atoms with van der Waals surface area (Å²) in [6.45, 7) is 2.76. The zero-order chi connectivity index (χ0) is 18.5. The standard InChI is InChI=1S/C22H21N3OS/c1-2-12-24-21(26)18-13-16-15-10-6-7-11-17(15)23-19(16)20(25(18)22(24)27)14-8-4-3-5-9-14/h3-11,18,20,23H,2,12-13H2,1H3/t18-,20+/m1/s1. The monoisotopic (exact) mass is 375 g/mol. The average Bonchev–Trinajstić information content (AvgIpc) is 3.18. The molecule has 0 aliphatic carbocycles. The first-order valence-electron chi connectivity index (χ1n) is 9.48. The predicted octanol–water partition coefficient (Wildman–Crippen LogP) is 4.02. The number of benzene rings is 2. The Labute approximate surface area is 163 Å². The lowest BCUT2D eigenvalue weighted by Crippen LogP contribution is -2.44. The van der Waals surface area contributed by atoms with E-state index in [1.807, 2.05) is 24.3 Å². The summed E-state index contributed by atoms with van der Waals surface area (Å²) in [6.07, 6.45) is 1.60. The summed E-state index contributed by atoms with van der Waals surface area (Å²) in [5.41, 5.74) is 4.68. The van der Waals surface area contributed by atoms with Crippen molar-refractivity contribution in [2.45, 2.75) is 31.8 Å². The summed E-state index contributed by atoms with van der Waals surface area (Å²) in [6, 6.07) is 18.4. The van der Waals surface area contributed by atoms with E-state index in [4.69, 9.17) is 12.2 Å². The molecule has 1 aromatic heterocycles. The highest BCUT2D eigenvalue weighted by Crippen LogP contribution is 2.43. The number of carbonyl (C=O) groups excluding carboxylic acids is 1. The van der Waals surface area contributed by atoms with Crippen LogP contribution in [0.3, 0.4) is 0 Å². The lowest BCUT2D eigenvalue weighted by atomic mass is 9.89. The maximum absolute atomic E-state index is 13.2. The van der Waals surface area contributed by atoms with Crippen molar-refractivity contribution in [2.75, 3.05) is 6.54 Å². The third kappa shape index (κ3) is 2.34. The highest BCUT2D eigenvalue weighted by molar-refractivity contribution is 7.80. The fourth-order valence-electron chi connectivity index (χ4n) is 4.54. The van der Waals surface area contributed by atoms with Crippen LogP contribution in [0.5, 0.6) is 0 Å². The number of aromatic nitrogens is 1. The molecule has 2 aromatic carbocycles. The van der Waals surface area contributed by atoms with Gasteiger partial charge in [-0.3, -0.25) is 9.69 Å². The smallest absolute Gasteiger partial charge is 0.251 e. The third-order valence-corrected chi connectivity index (χ3v) is 6.13. The van der Waals surface area contributed by atoms with Crippen LogP contribution in [0, 0.1) is 0 Å². The number of hydrogen-bond donors (Lipinski definition) is 1. The van der Waals surface area contributed by atoms with Gasteiger partial charge in [0.15, 0.2) is 5.11 Å². The first-order valence-corrected chi connectivity index (χ1v) is 9.89. The van der Waals surface area contributed by atoms with Crippen molar-refractivity contribution in [3.8, 4) is 0 Å². The minimum absolute atomic E-state index is 0.0642. The van der Waals surface area contributed by atoms with Gasteiger partial charge in [0.1, 0.15) is 6.04 Å². The number of nitrogens with zero attached hydrogens (tertiary/aromatic N) is 2. The number of fused-ring (bicyclic) bond motifs is 4. The summed E-state index contributed by atoms with van der Waals surface area (Å²) < 4.78 is 0. The minimum atomic E-state index is -0.221. The van der Waals surface area contributed by atoms with Crippen molar-refractivity contribution in [1.29, 1.82) is 0 Å². The fourth-order valence-corrected chi connectivity index (χ4v) is 4.95. The van der Waals surface area contributed by atoms with Crippen molar-refractivity contribution in [3.63, 3.8) is 0 Å². The zero-order valence-electron chi connectivity index (χ0n) is 15.2. The van der Waals surface area contributed by atoms with Crippen molar-refractivity contribution >= 4 is 34.1 Å². The van der Waals surface area contributed by atoms with Gasteiger partial charge >= 0.3 is 0 Å². The topological polar surface area (TPSA) is 39.3 Å². The number of H-pyrrole nitrogens is 1. The molecule has 1 fully saturated rings. The van der Waals surface area contributed by atoms with Crippen LogP contribution in [0.2, 0.25) is 0 Å². The van der Waals surface area contributed by atoms with Crippen molar-refractivity contribution in [2.24, 2.45) is 0 Å². The van der Waals surface area contributed by atoms with E-state index in [1.54, 1.807) is 4.90 Å². The Morgan fingerprint density at radius 1 is 1.11 bits per heavy atom. The minimum Gasteiger partial charge on any atom is -0.356 e. The van der Waals surface area contributed by atoms with Crippen LogP contribution < -0.4 is 0 Å². The van der Waals surface area contributed by atoms with E-state index >= 15 is 0 Å². The van der Waals surface area contributed by atoms with Gasteiger partial charge in [0.05, 0.1) is 6.04 Å². The normalized spacial score (nSPS) is 21.7. The Bertz CT molecular complexity index is 1040. The lowest BCUT2D eigenvalue weighted by molar-refractivity contribution is -0.128. The summed E-state index contributed by atoms with van der Waals surface area (Å²) in [4.78, 5) is 20.7. The molecule has 3 aromatic rings. The molecule has 0 bridgehead atoms. The van der Waals surface area contributed by atoms with E-state index in [2.05, 4.69) is 47.1 Å². The van der Waals surface area contributed by atoms with Gasteiger partial charge in [-0.2, -0.15) is 0 Å². The summed E-state index contributed by atoms with van der Waals surface area (Å²) in [7, 11) is 0. The molecule has 1 amide bonds.